The Kier molecular flexibility index (Phi) is 1.23. The molecule has 12 heavy (non-hydrogen) atoms. The van der Waals surface area contributed by atoms with Gasteiger partial charge in [0.15, 0.2) is 6.33 Å². The summed E-state index contributed by atoms with van der Waals surface area (Å²) < 4.78 is 0. The molecule has 5 nitrogen and oxygen atoms in total. The lowest BCUT2D eigenvalue weighted by atomic mass is 10.0. The average molecular weight is 165 g/mol. The summed E-state index contributed by atoms with van der Waals surface area (Å²) in [5.74, 6) is 0.763. The van der Waals surface area contributed by atoms with Crippen LogP contribution in [0.15, 0.2) is 6.33 Å². The van der Waals surface area contributed by atoms with Crippen LogP contribution in [-0.2, 0) is 0 Å². The van der Waals surface area contributed by atoms with E-state index in [0.29, 0.717) is 6.04 Å². The zero-order chi connectivity index (χ0) is 7.97. The molecule has 1 aromatic rings. The van der Waals surface area contributed by atoms with Gasteiger partial charge in [-0.25, -0.2) is 0 Å². The minimum absolute atomic E-state index is 0.487. The molecule has 0 spiro atoms. The Balaban J connectivity index is 1.87. The van der Waals surface area contributed by atoms with Gasteiger partial charge in [-0.3, -0.25) is 0 Å². The number of rotatable bonds is 1. The van der Waals surface area contributed by atoms with Crippen molar-refractivity contribution >= 4 is 0 Å². The van der Waals surface area contributed by atoms with Crippen molar-refractivity contribution in [1.82, 2.24) is 25.1 Å². The maximum absolute atomic E-state index is 4.08. The van der Waals surface area contributed by atoms with Gasteiger partial charge in [0.1, 0.15) is 0 Å². The summed E-state index contributed by atoms with van der Waals surface area (Å²) in [5, 5.41) is 11.8. The van der Waals surface area contributed by atoms with Crippen LogP contribution in [0.1, 0.15) is 12.5 Å². The zero-order valence-corrected chi connectivity index (χ0v) is 6.80. The molecule has 2 aliphatic heterocycles. The molecule has 2 bridgehead atoms. The van der Waals surface area contributed by atoms with Crippen molar-refractivity contribution in [1.29, 1.82) is 0 Å². The van der Waals surface area contributed by atoms with Crippen molar-refractivity contribution in [3.05, 3.63) is 6.33 Å². The quantitative estimate of drug-likeness (QED) is 0.565. The molecule has 3 rings (SSSR count). The van der Waals surface area contributed by atoms with E-state index in [2.05, 4.69) is 20.3 Å². The van der Waals surface area contributed by atoms with Gasteiger partial charge in [0.05, 0.1) is 6.04 Å². The van der Waals surface area contributed by atoms with Crippen LogP contribution in [0.2, 0.25) is 0 Å². The SMILES string of the molecule is c1nnn([C@@H]2CN3CC[C@H]2C3)n1. The van der Waals surface area contributed by atoms with Gasteiger partial charge in [0.2, 0.25) is 0 Å². The van der Waals surface area contributed by atoms with Crippen LogP contribution in [0.5, 0.6) is 0 Å². The van der Waals surface area contributed by atoms with Crippen LogP contribution < -0.4 is 0 Å². The van der Waals surface area contributed by atoms with Gasteiger partial charge in [-0.1, -0.05) is 0 Å². The van der Waals surface area contributed by atoms with E-state index in [-0.39, 0.29) is 0 Å². The van der Waals surface area contributed by atoms with Gasteiger partial charge < -0.3 is 4.90 Å². The molecular weight excluding hydrogens is 154 g/mol. The Morgan fingerprint density at radius 3 is 2.92 bits per heavy atom. The van der Waals surface area contributed by atoms with Crippen LogP contribution in [0.4, 0.5) is 0 Å². The van der Waals surface area contributed by atoms with E-state index in [1.807, 2.05) is 0 Å². The predicted octanol–water partition coefficient (Wildman–Crippen LogP) is -0.450. The topological polar surface area (TPSA) is 46.8 Å². The maximum atomic E-state index is 4.08. The monoisotopic (exact) mass is 165 g/mol. The minimum atomic E-state index is 0.487. The standard InChI is InChI=1S/C7H11N5/c1-2-11-3-6(1)7(4-11)12-9-5-8-10-12/h5-7H,1-4H2/t6-,7+/m0/s1. The second kappa shape index (κ2) is 2.26. The first kappa shape index (κ1) is 6.54. The van der Waals surface area contributed by atoms with Crippen LogP contribution in [0.3, 0.4) is 0 Å². The van der Waals surface area contributed by atoms with Crippen molar-refractivity contribution in [2.24, 2.45) is 5.92 Å². The van der Waals surface area contributed by atoms with Crippen molar-refractivity contribution in [3.8, 4) is 0 Å². The largest absolute Gasteiger partial charge is 0.301 e. The molecule has 2 saturated heterocycles. The molecule has 3 atom stereocenters. The van der Waals surface area contributed by atoms with Crippen molar-refractivity contribution in [2.45, 2.75) is 12.5 Å². The summed E-state index contributed by atoms with van der Waals surface area (Å²) in [4.78, 5) is 4.24. The molecule has 2 aliphatic rings. The van der Waals surface area contributed by atoms with Gasteiger partial charge in [-0.05, 0) is 24.1 Å². The third kappa shape index (κ3) is 0.797. The third-order valence-electron chi connectivity index (χ3n) is 2.96. The van der Waals surface area contributed by atoms with Crippen LogP contribution in [0, 0.1) is 5.92 Å². The molecule has 5 heteroatoms. The fourth-order valence-electron chi connectivity index (χ4n) is 2.34. The van der Waals surface area contributed by atoms with Gasteiger partial charge in [-0.15, -0.1) is 10.2 Å². The molecule has 0 amide bonds. The molecule has 0 saturated carbocycles. The van der Waals surface area contributed by atoms with E-state index in [4.69, 9.17) is 0 Å². The first-order valence-corrected chi connectivity index (χ1v) is 4.38. The van der Waals surface area contributed by atoms with Crippen LogP contribution >= 0.6 is 0 Å². The van der Waals surface area contributed by atoms with Crippen molar-refractivity contribution in [3.63, 3.8) is 0 Å². The van der Waals surface area contributed by atoms with Gasteiger partial charge >= 0.3 is 0 Å². The van der Waals surface area contributed by atoms with Crippen LogP contribution in [0.25, 0.3) is 0 Å². The summed E-state index contributed by atoms with van der Waals surface area (Å²) in [7, 11) is 0. The highest BCUT2D eigenvalue weighted by Gasteiger charge is 2.39. The van der Waals surface area contributed by atoms with E-state index in [1.165, 1.54) is 25.8 Å². The fraction of sp³-hybridized carbons (Fsp3) is 0.857. The van der Waals surface area contributed by atoms with E-state index in [1.54, 1.807) is 4.80 Å². The van der Waals surface area contributed by atoms with Gasteiger partial charge in [0.25, 0.3) is 0 Å². The second-order valence-electron chi connectivity index (χ2n) is 3.63. The molecule has 0 N–H and O–H groups in total. The highest BCUT2D eigenvalue weighted by molar-refractivity contribution is 4.91. The number of nitrogens with zero attached hydrogens (tertiary/aromatic N) is 5. The normalized spacial score (nSPS) is 39.2. The first-order chi connectivity index (χ1) is 5.93. The Morgan fingerprint density at radius 2 is 2.33 bits per heavy atom. The summed E-state index contributed by atoms with van der Waals surface area (Å²) in [5.41, 5.74) is 0. The fourth-order valence-corrected chi connectivity index (χ4v) is 2.34. The number of fused-ring (bicyclic) bond motifs is 2. The molecule has 64 valence electrons. The zero-order valence-electron chi connectivity index (χ0n) is 6.80. The summed E-state index contributed by atoms with van der Waals surface area (Å²) in [6.07, 6.45) is 2.81. The summed E-state index contributed by atoms with van der Waals surface area (Å²) in [6, 6.07) is 0.487. The Morgan fingerprint density at radius 1 is 1.33 bits per heavy atom. The second-order valence-corrected chi connectivity index (χ2v) is 3.63. The Hall–Kier alpha value is -0.970. The number of hydrogen-bond donors (Lipinski definition) is 0. The van der Waals surface area contributed by atoms with Crippen molar-refractivity contribution in [2.75, 3.05) is 19.6 Å². The maximum Gasteiger partial charge on any atom is 0.162 e. The van der Waals surface area contributed by atoms with E-state index in [0.717, 1.165) is 12.5 Å². The third-order valence-corrected chi connectivity index (χ3v) is 2.96. The predicted molar refractivity (Wildman–Crippen MR) is 41.4 cm³/mol. The average Bonchev–Trinajstić information content (AvgIpc) is 2.81. The molecule has 1 unspecified atom stereocenters. The lowest BCUT2D eigenvalue weighted by molar-refractivity contribution is 0.263. The minimum Gasteiger partial charge on any atom is -0.301 e. The molecule has 1 aromatic heterocycles. The lowest BCUT2D eigenvalue weighted by Crippen LogP contribution is -2.27. The number of hydrogen-bond acceptors (Lipinski definition) is 4. The van der Waals surface area contributed by atoms with E-state index >= 15 is 0 Å². The van der Waals surface area contributed by atoms with E-state index in [9.17, 15) is 0 Å². The highest BCUT2D eigenvalue weighted by atomic mass is 15.6. The molecular formula is C7H11N5. The Labute approximate surface area is 70.4 Å². The molecule has 0 aromatic carbocycles. The molecule has 0 aliphatic carbocycles. The number of aromatic nitrogens is 4. The van der Waals surface area contributed by atoms with Gasteiger partial charge in [0, 0.05) is 13.1 Å². The summed E-state index contributed by atoms with van der Waals surface area (Å²) in [6.45, 7) is 3.60. The smallest absolute Gasteiger partial charge is 0.162 e. The number of piperidine rings is 1. The molecule has 2 fully saturated rings. The highest BCUT2D eigenvalue weighted by Crippen LogP contribution is 2.34. The Bertz CT molecular complexity index is 269. The first-order valence-electron chi connectivity index (χ1n) is 4.38. The lowest BCUT2D eigenvalue weighted by Gasteiger charge is -2.20. The summed E-state index contributed by atoms with van der Waals surface area (Å²) >= 11 is 0. The van der Waals surface area contributed by atoms with E-state index < -0.39 is 0 Å². The number of tetrazole rings is 1. The van der Waals surface area contributed by atoms with Crippen molar-refractivity contribution < 1.29 is 0 Å². The molecule has 3 heterocycles. The molecule has 0 radical (unpaired) electrons. The van der Waals surface area contributed by atoms with Gasteiger partial charge in [-0.2, -0.15) is 4.80 Å². The van der Waals surface area contributed by atoms with Crippen LogP contribution in [-0.4, -0.2) is 44.7 Å².